The van der Waals surface area contributed by atoms with Gasteiger partial charge in [0, 0.05) is 12.1 Å². The highest BCUT2D eigenvalue weighted by atomic mass is 16.5. The van der Waals surface area contributed by atoms with E-state index in [9.17, 15) is 0 Å². The minimum atomic E-state index is 0.437. The molecule has 2 heteroatoms. The minimum Gasteiger partial charge on any atom is -0.497 e. The van der Waals surface area contributed by atoms with Gasteiger partial charge in [-0.1, -0.05) is 38.8 Å². The van der Waals surface area contributed by atoms with Crippen LogP contribution in [-0.4, -0.2) is 19.2 Å². The highest BCUT2D eigenvalue weighted by Crippen LogP contribution is 2.35. The van der Waals surface area contributed by atoms with Crippen molar-refractivity contribution in [3.63, 3.8) is 0 Å². The normalized spacial score (nSPS) is 23.3. The first-order chi connectivity index (χ1) is 9.51. The van der Waals surface area contributed by atoms with E-state index in [1.807, 2.05) is 12.1 Å². The second-order valence-electron chi connectivity index (χ2n) is 6.91. The highest BCUT2D eigenvalue weighted by Gasteiger charge is 2.32. The maximum absolute atomic E-state index is 5.21. The van der Waals surface area contributed by atoms with Crippen LogP contribution in [-0.2, 0) is 6.42 Å². The van der Waals surface area contributed by atoms with Gasteiger partial charge in [-0.05, 0) is 49.3 Å². The predicted octanol–water partition coefficient (Wildman–Crippen LogP) is 4.18. The van der Waals surface area contributed by atoms with Crippen molar-refractivity contribution < 1.29 is 4.74 Å². The Morgan fingerprint density at radius 1 is 1.25 bits per heavy atom. The third-order valence-electron chi connectivity index (χ3n) is 4.69. The molecule has 0 saturated heterocycles. The van der Waals surface area contributed by atoms with Crippen molar-refractivity contribution in [2.24, 2.45) is 5.41 Å². The highest BCUT2D eigenvalue weighted by molar-refractivity contribution is 5.27. The van der Waals surface area contributed by atoms with E-state index in [2.05, 4.69) is 38.2 Å². The van der Waals surface area contributed by atoms with Gasteiger partial charge in [-0.3, -0.25) is 0 Å². The van der Waals surface area contributed by atoms with Gasteiger partial charge in [0.25, 0.3) is 0 Å². The molecular formula is C18H29NO. The summed E-state index contributed by atoms with van der Waals surface area (Å²) in [5, 5.41) is 3.85. The summed E-state index contributed by atoms with van der Waals surface area (Å²) >= 11 is 0. The monoisotopic (exact) mass is 275 g/mol. The maximum atomic E-state index is 5.21. The smallest absolute Gasteiger partial charge is 0.118 e. The summed E-state index contributed by atoms with van der Waals surface area (Å²) in [5.41, 5.74) is 1.81. The zero-order valence-electron chi connectivity index (χ0n) is 13.4. The Morgan fingerprint density at radius 2 is 1.95 bits per heavy atom. The fourth-order valence-corrected chi connectivity index (χ4v) is 3.32. The summed E-state index contributed by atoms with van der Waals surface area (Å²) in [4.78, 5) is 0. The number of ether oxygens (including phenoxy) is 1. The summed E-state index contributed by atoms with van der Waals surface area (Å²) in [6.45, 7) is 7.11. The molecule has 1 fully saturated rings. The molecule has 0 spiro atoms. The van der Waals surface area contributed by atoms with Gasteiger partial charge in [-0.15, -0.1) is 0 Å². The van der Waals surface area contributed by atoms with Crippen molar-refractivity contribution in [3.05, 3.63) is 29.8 Å². The van der Waals surface area contributed by atoms with Crippen molar-refractivity contribution in [3.8, 4) is 5.75 Å². The molecule has 1 N–H and O–H groups in total. The van der Waals surface area contributed by atoms with Gasteiger partial charge in [-0.2, -0.15) is 0 Å². The zero-order valence-corrected chi connectivity index (χ0v) is 13.4. The van der Waals surface area contributed by atoms with Crippen LogP contribution in [0.3, 0.4) is 0 Å². The summed E-state index contributed by atoms with van der Waals surface area (Å²) < 4.78 is 5.21. The van der Waals surface area contributed by atoms with Crippen molar-refractivity contribution in [2.75, 3.05) is 7.11 Å². The molecule has 112 valence electrons. The largest absolute Gasteiger partial charge is 0.497 e. The topological polar surface area (TPSA) is 21.3 Å². The van der Waals surface area contributed by atoms with Crippen LogP contribution < -0.4 is 10.1 Å². The van der Waals surface area contributed by atoms with E-state index < -0.39 is 0 Å². The molecule has 0 bridgehead atoms. The number of rotatable bonds is 5. The first kappa shape index (κ1) is 15.4. The van der Waals surface area contributed by atoms with Gasteiger partial charge in [0.15, 0.2) is 0 Å². The van der Waals surface area contributed by atoms with Crippen molar-refractivity contribution >= 4 is 0 Å². The maximum Gasteiger partial charge on any atom is 0.118 e. The standard InChI is InChI=1S/C18H29NO/c1-14(13-15-8-10-16(20-4)11-9-15)19-17-7-5-6-12-18(17,2)3/h8-11,14,17,19H,5-7,12-13H2,1-4H3. The summed E-state index contributed by atoms with van der Waals surface area (Å²) in [6, 6.07) is 9.61. The van der Waals surface area contributed by atoms with Crippen LogP contribution in [0.4, 0.5) is 0 Å². The van der Waals surface area contributed by atoms with Gasteiger partial charge in [-0.25, -0.2) is 0 Å². The van der Waals surface area contributed by atoms with Gasteiger partial charge in [0.2, 0.25) is 0 Å². The average molecular weight is 275 g/mol. The fraction of sp³-hybridized carbons (Fsp3) is 0.667. The number of hydrogen-bond donors (Lipinski definition) is 1. The molecule has 20 heavy (non-hydrogen) atoms. The van der Waals surface area contributed by atoms with Crippen LogP contribution in [0, 0.1) is 5.41 Å². The van der Waals surface area contributed by atoms with Gasteiger partial charge >= 0.3 is 0 Å². The molecule has 1 aliphatic carbocycles. The predicted molar refractivity (Wildman–Crippen MR) is 85.3 cm³/mol. The van der Waals surface area contributed by atoms with Crippen LogP contribution in [0.2, 0.25) is 0 Å². The van der Waals surface area contributed by atoms with Gasteiger partial charge in [0.1, 0.15) is 5.75 Å². The molecule has 2 atom stereocenters. The van der Waals surface area contributed by atoms with E-state index >= 15 is 0 Å². The molecule has 0 aliphatic heterocycles. The number of hydrogen-bond acceptors (Lipinski definition) is 2. The first-order valence-corrected chi connectivity index (χ1v) is 7.90. The lowest BCUT2D eigenvalue weighted by Crippen LogP contribution is -2.48. The summed E-state index contributed by atoms with van der Waals surface area (Å²) in [6.07, 6.45) is 6.50. The Bertz CT molecular complexity index is 410. The van der Waals surface area contributed by atoms with Gasteiger partial charge < -0.3 is 10.1 Å². The Morgan fingerprint density at radius 3 is 2.55 bits per heavy atom. The van der Waals surface area contributed by atoms with E-state index in [0.717, 1.165) is 12.2 Å². The summed E-state index contributed by atoms with van der Waals surface area (Å²) in [5.74, 6) is 0.933. The Hall–Kier alpha value is -1.02. The van der Waals surface area contributed by atoms with E-state index in [1.165, 1.54) is 31.2 Å². The SMILES string of the molecule is COc1ccc(CC(C)NC2CCCCC2(C)C)cc1. The zero-order chi connectivity index (χ0) is 14.6. The van der Waals surface area contributed by atoms with Crippen molar-refractivity contribution in [2.45, 2.75) is 65.0 Å². The quantitative estimate of drug-likeness (QED) is 0.870. The molecule has 2 unspecified atom stereocenters. The Labute approximate surface area is 123 Å². The van der Waals surface area contributed by atoms with Crippen LogP contribution >= 0.6 is 0 Å². The number of methoxy groups -OCH3 is 1. The molecule has 1 saturated carbocycles. The molecule has 1 aliphatic rings. The van der Waals surface area contributed by atoms with E-state index in [1.54, 1.807) is 7.11 Å². The third-order valence-corrected chi connectivity index (χ3v) is 4.69. The second kappa shape index (κ2) is 6.62. The number of nitrogens with one attached hydrogen (secondary N) is 1. The number of benzene rings is 1. The van der Waals surface area contributed by atoms with Crippen LogP contribution in [0.1, 0.15) is 52.0 Å². The molecule has 0 radical (unpaired) electrons. The molecule has 0 amide bonds. The lowest BCUT2D eigenvalue weighted by Gasteiger charge is -2.40. The molecule has 2 nitrogen and oxygen atoms in total. The lowest BCUT2D eigenvalue weighted by molar-refractivity contribution is 0.157. The fourth-order valence-electron chi connectivity index (χ4n) is 3.32. The van der Waals surface area contributed by atoms with Crippen molar-refractivity contribution in [1.82, 2.24) is 5.32 Å². The molecule has 1 aromatic rings. The third kappa shape index (κ3) is 3.99. The Balaban J connectivity index is 1.89. The Kier molecular flexibility index (Phi) is 5.09. The van der Waals surface area contributed by atoms with E-state index in [-0.39, 0.29) is 0 Å². The molecule has 1 aromatic carbocycles. The molecule has 0 aromatic heterocycles. The van der Waals surface area contributed by atoms with Crippen LogP contribution in [0.25, 0.3) is 0 Å². The van der Waals surface area contributed by atoms with Crippen LogP contribution in [0.15, 0.2) is 24.3 Å². The first-order valence-electron chi connectivity index (χ1n) is 7.90. The second-order valence-corrected chi connectivity index (χ2v) is 6.91. The molecule has 2 rings (SSSR count). The van der Waals surface area contributed by atoms with Crippen molar-refractivity contribution in [1.29, 1.82) is 0 Å². The molecule has 0 heterocycles. The summed E-state index contributed by atoms with van der Waals surface area (Å²) in [7, 11) is 1.71. The van der Waals surface area contributed by atoms with E-state index in [0.29, 0.717) is 17.5 Å². The average Bonchev–Trinajstić information content (AvgIpc) is 2.42. The molecular weight excluding hydrogens is 246 g/mol. The van der Waals surface area contributed by atoms with E-state index in [4.69, 9.17) is 4.74 Å². The van der Waals surface area contributed by atoms with Gasteiger partial charge in [0.05, 0.1) is 7.11 Å². The lowest BCUT2D eigenvalue weighted by atomic mass is 9.73. The minimum absolute atomic E-state index is 0.437. The van der Waals surface area contributed by atoms with Crippen LogP contribution in [0.5, 0.6) is 5.75 Å².